The van der Waals surface area contributed by atoms with Crippen molar-refractivity contribution in [2.45, 2.75) is 25.9 Å². The first-order valence-electron chi connectivity index (χ1n) is 11.2. The fourth-order valence-electron chi connectivity index (χ4n) is 4.53. The van der Waals surface area contributed by atoms with E-state index < -0.39 is 23.3 Å². The maximum atomic E-state index is 13.9. The average Bonchev–Trinajstić information content (AvgIpc) is 3.48. The fraction of sp³-hybridized carbons (Fsp3) is 0.240. The Bertz CT molecular complexity index is 1470. The minimum absolute atomic E-state index is 0.125. The monoisotopic (exact) mass is 481 g/mol. The van der Waals surface area contributed by atoms with Gasteiger partial charge in [0.2, 0.25) is 0 Å². The summed E-state index contributed by atoms with van der Waals surface area (Å²) in [6.07, 6.45) is -2.72. The number of carbonyl (C=O) groups is 1. The van der Waals surface area contributed by atoms with E-state index in [4.69, 9.17) is 0 Å². The van der Waals surface area contributed by atoms with Crippen molar-refractivity contribution in [3.05, 3.63) is 81.9 Å². The number of hydrogen-bond acceptors (Lipinski definition) is 4. The number of alkyl halides is 3. The minimum Gasteiger partial charge on any atom is -0.370 e. The molecule has 5 rings (SSSR count). The summed E-state index contributed by atoms with van der Waals surface area (Å²) in [5, 5.41) is 6.36. The van der Waals surface area contributed by atoms with Gasteiger partial charge in [-0.25, -0.2) is 0 Å². The molecular formula is C25H22F3N5O2. The molecule has 0 atom stereocenters. The second-order valence-electron chi connectivity index (χ2n) is 8.44. The van der Waals surface area contributed by atoms with Crippen molar-refractivity contribution in [2.24, 2.45) is 0 Å². The van der Waals surface area contributed by atoms with Gasteiger partial charge < -0.3 is 15.2 Å². The highest BCUT2D eigenvalue weighted by molar-refractivity contribution is 6.06. The molecule has 10 heteroatoms. The van der Waals surface area contributed by atoms with E-state index in [0.29, 0.717) is 10.2 Å². The summed E-state index contributed by atoms with van der Waals surface area (Å²) in [5.74, 6) is -0.720. The number of nitrogens with one attached hydrogen (secondary N) is 2. The molecule has 0 saturated carbocycles. The number of carbonyl (C=O) groups excluding carboxylic acids is 1. The zero-order chi connectivity index (χ0) is 24.7. The summed E-state index contributed by atoms with van der Waals surface area (Å²) < 4.78 is 42.2. The maximum absolute atomic E-state index is 13.9. The number of benzene rings is 2. The lowest BCUT2D eigenvalue weighted by Gasteiger charge is -2.21. The SMILES string of the molecule is Cc1[nH]c2c(-c3ccccc3)c(C(F)(F)F)nn2c(=O)c1C(=O)Nc1ccccc1N1CCCC1. The van der Waals surface area contributed by atoms with E-state index in [2.05, 4.69) is 20.3 Å². The molecular weight excluding hydrogens is 459 g/mol. The van der Waals surface area contributed by atoms with Crippen LogP contribution >= 0.6 is 0 Å². The molecule has 2 aromatic carbocycles. The van der Waals surface area contributed by atoms with Crippen LogP contribution in [0.15, 0.2) is 59.4 Å². The largest absolute Gasteiger partial charge is 0.435 e. The van der Waals surface area contributed by atoms with Crippen molar-refractivity contribution in [1.82, 2.24) is 14.6 Å². The van der Waals surface area contributed by atoms with Gasteiger partial charge in [0.1, 0.15) is 11.2 Å². The predicted octanol–water partition coefficient (Wildman–Crippen LogP) is 4.87. The number of aromatic amines is 1. The second kappa shape index (κ2) is 8.61. The summed E-state index contributed by atoms with van der Waals surface area (Å²) in [4.78, 5) is 31.5. The Balaban J connectivity index is 1.62. The van der Waals surface area contributed by atoms with Crippen molar-refractivity contribution in [3.63, 3.8) is 0 Å². The Morgan fingerprint density at radius 3 is 2.37 bits per heavy atom. The maximum Gasteiger partial charge on any atom is 0.435 e. The molecule has 3 heterocycles. The van der Waals surface area contributed by atoms with Gasteiger partial charge in [-0.1, -0.05) is 42.5 Å². The number of aromatic nitrogens is 3. The van der Waals surface area contributed by atoms with Crippen LogP contribution in [0.5, 0.6) is 0 Å². The molecule has 1 aliphatic heterocycles. The van der Waals surface area contributed by atoms with Crippen LogP contribution in [0.2, 0.25) is 0 Å². The van der Waals surface area contributed by atoms with Crippen molar-refractivity contribution in [3.8, 4) is 11.1 Å². The average molecular weight is 481 g/mol. The van der Waals surface area contributed by atoms with Crippen molar-refractivity contribution in [1.29, 1.82) is 0 Å². The fourth-order valence-corrected chi connectivity index (χ4v) is 4.53. The van der Waals surface area contributed by atoms with Gasteiger partial charge in [-0.3, -0.25) is 9.59 Å². The number of aryl methyl sites for hydroxylation is 1. The molecule has 1 amide bonds. The minimum atomic E-state index is -4.80. The van der Waals surface area contributed by atoms with E-state index in [1.54, 1.807) is 30.3 Å². The quantitative estimate of drug-likeness (QED) is 0.436. The lowest BCUT2D eigenvalue weighted by molar-refractivity contribution is -0.140. The molecule has 2 aromatic heterocycles. The van der Waals surface area contributed by atoms with E-state index >= 15 is 0 Å². The molecule has 2 N–H and O–H groups in total. The van der Waals surface area contributed by atoms with Gasteiger partial charge in [0.25, 0.3) is 11.5 Å². The van der Waals surface area contributed by atoms with Gasteiger partial charge in [-0.15, -0.1) is 0 Å². The van der Waals surface area contributed by atoms with Crippen molar-refractivity contribution in [2.75, 3.05) is 23.3 Å². The Labute approximate surface area is 198 Å². The molecule has 1 aliphatic rings. The summed E-state index contributed by atoms with van der Waals surface area (Å²) >= 11 is 0. The second-order valence-corrected chi connectivity index (χ2v) is 8.44. The van der Waals surface area contributed by atoms with E-state index in [1.807, 2.05) is 12.1 Å². The highest BCUT2D eigenvalue weighted by atomic mass is 19.4. The lowest BCUT2D eigenvalue weighted by Crippen LogP contribution is -2.29. The van der Waals surface area contributed by atoms with Gasteiger partial charge in [-0.2, -0.15) is 22.8 Å². The topological polar surface area (TPSA) is 82.5 Å². The molecule has 0 bridgehead atoms. The van der Waals surface area contributed by atoms with Gasteiger partial charge >= 0.3 is 6.18 Å². The van der Waals surface area contributed by atoms with Crippen LogP contribution in [0, 0.1) is 6.92 Å². The standard InChI is InChI=1S/C25H22F3N5O2/c1-15-19(23(34)30-17-11-5-6-12-18(17)32-13-7-8-14-32)24(35)33-22(29-15)20(16-9-3-2-4-10-16)21(31-33)25(26,27)28/h2-6,9-12,29H,7-8,13-14H2,1H3,(H,30,34). The molecule has 1 fully saturated rings. The number of nitrogens with zero attached hydrogens (tertiary/aromatic N) is 3. The Morgan fingerprint density at radius 2 is 1.69 bits per heavy atom. The zero-order valence-corrected chi connectivity index (χ0v) is 18.8. The van der Waals surface area contributed by atoms with Gasteiger partial charge in [0, 0.05) is 18.8 Å². The molecule has 7 nitrogen and oxygen atoms in total. The molecule has 0 radical (unpaired) electrons. The first kappa shape index (κ1) is 22.7. The normalized spacial score (nSPS) is 14.0. The number of H-pyrrole nitrogens is 1. The highest BCUT2D eigenvalue weighted by Gasteiger charge is 2.39. The van der Waals surface area contributed by atoms with Gasteiger partial charge in [0.05, 0.1) is 16.9 Å². The smallest absolute Gasteiger partial charge is 0.370 e. The number of para-hydroxylation sites is 2. The Morgan fingerprint density at radius 1 is 1.03 bits per heavy atom. The molecule has 4 aromatic rings. The first-order valence-corrected chi connectivity index (χ1v) is 11.2. The van der Waals surface area contributed by atoms with E-state index in [-0.39, 0.29) is 28.0 Å². The van der Waals surface area contributed by atoms with Crippen LogP contribution in [0.25, 0.3) is 16.8 Å². The Kier molecular flexibility index (Phi) is 5.58. The number of rotatable bonds is 4. The summed E-state index contributed by atoms with van der Waals surface area (Å²) in [6, 6.07) is 15.1. The number of hydrogen-bond donors (Lipinski definition) is 2. The van der Waals surface area contributed by atoms with E-state index in [1.165, 1.54) is 19.1 Å². The van der Waals surface area contributed by atoms with Crippen LogP contribution < -0.4 is 15.8 Å². The summed E-state index contributed by atoms with van der Waals surface area (Å²) in [6.45, 7) is 3.19. The van der Waals surface area contributed by atoms with Crippen LogP contribution in [0.3, 0.4) is 0 Å². The molecule has 35 heavy (non-hydrogen) atoms. The number of anilines is 2. The van der Waals surface area contributed by atoms with Crippen LogP contribution in [0.1, 0.15) is 34.6 Å². The summed E-state index contributed by atoms with van der Waals surface area (Å²) in [5.41, 5.74) is -1.05. The number of amides is 1. The van der Waals surface area contributed by atoms with Crippen LogP contribution in [0.4, 0.5) is 24.5 Å². The van der Waals surface area contributed by atoms with Gasteiger partial charge in [-0.05, 0) is 37.5 Å². The van der Waals surface area contributed by atoms with E-state index in [0.717, 1.165) is 31.6 Å². The molecule has 180 valence electrons. The van der Waals surface area contributed by atoms with Gasteiger partial charge in [0.15, 0.2) is 5.69 Å². The van der Waals surface area contributed by atoms with Crippen LogP contribution in [-0.4, -0.2) is 33.6 Å². The highest BCUT2D eigenvalue weighted by Crippen LogP contribution is 2.38. The first-order chi connectivity index (χ1) is 16.8. The zero-order valence-electron chi connectivity index (χ0n) is 18.8. The van der Waals surface area contributed by atoms with E-state index in [9.17, 15) is 22.8 Å². The van der Waals surface area contributed by atoms with Crippen LogP contribution in [-0.2, 0) is 6.18 Å². The lowest BCUT2D eigenvalue weighted by atomic mass is 10.1. The van der Waals surface area contributed by atoms with Crippen molar-refractivity contribution < 1.29 is 18.0 Å². The third-order valence-electron chi connectivity index (χ3n) is 6.13. The molecule has 0 unspecified atom stereocenters. The molecule has 0 spiro atoms. The predicted molar refractivity (Wildman–Crippen MR) is 127 cm³/mol. The molecule has 1 saturated heterocycles. The Hall–Kier alpha value is -4.08. The third kappa shape index (κ3) is 4.05. The summed E-state index contributed by atoms with van der Waals surface area (Å²) in [7, 11) is 0. The number of halogens is 3. The van der Waals surface area contributed by atoms with Crippen molar-refractivity contribution >= 4 is 22.9 Å². The third-order valence-corrected chi connectivity index (χ3v) is 6.13. The number of fused-ring (bicyclic) bond motifs is 1. The molecule has 0 aliphatic carbocycles.